The van der Waals surface area contributed by atoms with Gasteiger partial charge in [0.05, 0.1) is 5.75 Å². The number of aromatic nitrogens is 2. The summed E-state index contributed by atoms with van der Waals surface area (Å²) in [4.78, 5) is 10.0. The molecular formula is C15H18BrN3S. The Hall–Kier alpha value is -0.910. The van der Waals surface area contributed by atoms with Gasteiger partial charge in [-0.05, 0) is 31.2 Å². The molecule has 2 aromatic rings. The lowest BCUT2D eigenvalue weighted by Crippen LogP contribution is -2.14. The molecule has 0 fully saturated rings. The second kappa shape index (κ2) is 8.39. The minimum Gasteiger partial charge on any atom is -0.313 e. The van der Waals surface area contributed by atoms with Gasteiger partial charge in [0, 0.05) is 33.9 Å². The third-order valence-electron chi connectivity index (χ3n) is 2.68. The number of hydrogen-bond acceptors (Lipinski definition) is 4. The second-order valence-electron chi connectivity index (χ2n) is 4.43. The molecule has 1 aromatic heterocycles. The standard InChI is InChI=1S/C15H18BrN3S/c1-2-6-17-8-12-9-18-15(19-10-12)11-20-14-5-3-4-13(16)7-14/h3-5,7,9-10,17H,2,6,8,11H2,1H3. The molecule has 5 heteroatoms. The highest BCUT2D eigenvalue weighted by Gasteiger charge is 2.00. The van der Waals surface area contributed by atoms with Crippen LogP contribution >= 0.6 is 27.7 Å². The lowest BCUT2D eigenvalue weighted by molar-refractivity contribution is 0.671. The van der Waals surface area contributed by atoms with E-state index >= 15 is 0 Å². The van der Waals surface area contributed by atoms with Gasteiger partial charge >= 0.3 is 0 Å². The monoisotopic (exact) mass is 351 g/mol. The van der Waals surface area contributed by atoms with Gasteiger partial charge in [-0.3, -0.25) is 0 Å². The maximum absolute atomic E-state index is 4.41. The Morgan fingerprint density at radius 1 is 1.25 bits per heavy atom. The molecule has 1 aromatic carbocycles. The molecule has 0 atom stereocenters. The smallest absolute Gasteiger partial charge is 0.138 e. The molecule has 0 saturated heterocycles. The van der Waals surface area contributed by atoms with Gasteiger partial charge in [0.2, 0.25) is 0 Å². The van der Waals surface area contributed by atoms with Crippen molar-refractivity contribution >= 4 is 27.7 Å². The number of rotatable bonds is 7. The third kappa shape index (κ3) is 5.23. The van der Waals surface area contributed by atoms with Crippen LogP contribution in [0.5, 0.6) is 0 Å². The number of hydrogen-bond donors (Lipinski definition) is 1. The van der Waals surface area contributed by atoms with Crippen LogP contribution in [0.2, 0.25) is 0 Å². The Labute approximate surface area is 132 Å². The summed E-state index contributed by atoms with van der Waals surface area (Å²) in [5.41, 5.74) is 1.13. The molecule has 2 rings (SSSR count). The lowest BCUT2D eigenvalue weighted by atomic mass is 10.3. The zero-order chi connectivity index (χ0) is 14.2. The van der Waals surface area contributed by atoms with E-state index in [0.717, 1.165) is 41.1 Å². The quantitative estimate of drug-likeness (QED) is 0.603. The summed E-state index contributed by atoms with van der Waals surface area (Å²) in [5, 5.41) is 3.34. The van der Waals surface area contributed by atoms with Crippen LogP contribution in [-0.4, -0.2) is 16.5 Å². The predicted octanol–water partition coefficient (Wildman–Crippen LogP) is 4.03. The molecule has 0 aliphatic carbocycles. The van der Waals surface area contributed by atoms with Crippen molar-refractivity contribution in [2.45, 2.75) is 30.5 Å². The molecule has 0 saturated carbocycles. The van der Waals surface area contributed by atoms with Gasteiger partial charge in [-0.1, -0.05) is 28.9 Å². The molecule has 3 nitrogen and oxygen atoms in total. The highest BCUT2D eigenvalue weighted by atomic mass is 79.9. The van der Waals surface area contributed by atoms with Crippen LogP contribution in [0.25, 0.3) is 0 Å². The minimum absolute atomic E-state index is 0.791. The molecule has 0 bridgehead atoms. The summed E-state index contributed by atoms with van der Waals surface area (Å²) in [6.07, 6.45) is 4.96. The first-order chi connectivity index (χ1) is 9.78. The van der Waals surface area contributed by atoms with E-state index < -0.39 is 0 Å². The van der Waals surface area contributed by atoms with Crippen LogP contribution < -0.4 is 5.32 Å². The Bertz CT molecular complexity index is 531. The van der Waals surface area contributed by atoms with Gasteiger partial charge in [0.25, 0.3) is 0 Å². The molecule has 0 radical (unpaired) electrons. The fourth-order valence-electron chi connectivity index (χ4n) is 1.66. The van der Waals surface area contributed by atoms with Crippen molar-refractivity contribution < 1.29 is 0 Å². The van der Waals surface area contributed by atoms with Gasteiger partial charge in [-0.15, -0.1) is 11.8 Å². The molecule has 1 N–H and O–H groups in total. The Morgan fingerprint density at radius 3 is 2.75 bits per heavy atom. The minimum atomic E-state index is 0.791. The van der Waals surface area contributed by atoms with Crippen LogP contribution in [0.1, 0.15) is 24.7 Å². The van der Waals surface area contributed by atoms with Crippen LogP contribution in [-0.2, 0) is 12.3 Å². The van der Waals surface area contributed by atoms with Gasteiger partial charge in [0.1, 0.15) is 5.82 Å². The van der Waals surface area contributed by atoms with E-state index in [0.29, 0.717) is 0 Å². The Balaban J connectivity index is 1.84. The molecule has 106 valence electrons. The van der Waals surface area contributed by atoms with Crippen LogP contribution in [0.3, 0.4) is 0 Å². The summed E-state index contributed by atoms with van der Waals surface area (Å²) in [5.74, 6) is 1.66. The van der Waals surface area contributed by atoms with E-state index in [4.69, 9.17) is 0 Å². The van der Waals surface area contributed by atoms with E-state index in [1.54, 1.807) is 11.8 Å². The summed E-state index contributed by atoms with van der Waals surface area (Å²) in [6.45, 7) is 4.03. The zero-order valence-electron chi connectivity index (χ0n) is 11.5. The summed E-state index contributed by atoms with van der Waals surface area (Å²) >= 11 is 5.22. The van der Waals surface area contributed by atoms with Gasteiger partial charge in [-0.25, -0.2) is 9.97 Å². The maximum Gasteiger partial charge on any atom is 0.138 e. The summed E-state index contributed by atoms with van der Waals surface area (Å²) in [7, 11) is 0. The molecule has 0 amide bonds. The van der Waals surface area contributed by atoms with Gasteiger partial charge in [-0.2, -0.15) is 0 Å². The third-order valence-corrected chi connectivity index (χ3v) is 4.16. The van der Waals surface area contributed by atoms with Crippen molar-refractivity contribution in [3.8, 4) is 0 Å². The summed E-state index contributed by atoms with van der Waals surface area (Å²) in [6, 6.07) is 8.26. The first-order valence-corrected chi connectivity index (χ1v) is 8.44. The fraction of sp³-hybridized carbons (Fsp3) is 0.333. The number of benzene rings is 1. The number of thioether (sulfide) groups is 1. The van der Waals surface area contributed by atoms with Crippen molar-refractivity contribution in [2.75, 3.05) is 6.54 Å². The van der Waals surface area contributed by atoms with E-state index in [1.807, 2.05) is 24.5 Å². The maximum atomic E-state index is 4.41. The predicted molar refractivity (Wildman–Crippen MR) is 87.7 cm³/mol. The molecule has 0 aliphatic heterocycles. The SMILES string of the molecule is CCCNCc1cnc(CSc2cccc(Br)c2)nc1. The normalized spacial score (nSPS) is 10.7. The number of nitrogens with one attached hydrogen (secondary N) is 1. The van der Waals surface area contributed by atoms with E-state index in [-0.39, 0.29) is 0 Å². The number of nitrogens with zero attached hydrogens (tertiary/aromatic N) is 2. The van der Waals surface area contributed by atoms with E-state index in [2.05, 4.69) is 50.3 Å². The lowest BCUT2D eigenvalue weighted by Gasteiger charge is -2.04. The first kappa shape index (κ1) is 15.5. The molecule has 20 heavy (non-hydrogen) atoms. The van der Waals surface area contributed by atoms with Crippen molar-refractivity contribution in [1.29, 1.82) is 0 Å². The topological polar surface area (TPSA) is 37.8 Å². The Kier molecular flexibility index (Phi) is 6.50. The summed E-state index contributed by atoms with van der Waals surface area (Å²) < 4.78 is 1.10. The second-order valence-corrected chi connectivity index (χ2v) is 6.39. The van der Waals surface area contributed by atoms with Gasteiger partial charge in [0.15, 0.2) is 0 Å². The Morgan fingerprint density at radius 2 is 2.05 bits per heavy atom. The fourth-order valence-corrected chi connectivity index (χ4v) is 3.04. The van der Waals surface area contributed by atoms with Crippen molar-refractivity contribution in [3.05, 3.63) is 52.5 Å². The van der Waals surface area contributed by atoms with Crippen molar-refractivity contribution in [3.63, 3.8) is 0 Å². The van der Waals surface area contributed by atoms with Crippen molar-refractivity contribution in [2.24, 2.45) is 0 Å². The average molecular weight is 352 g/mol. The first-order valence-electron chi connectivity index (χ1n) is 6.67. The molecule has 0 unspecified atom stereocenters. The molecular weight excluding hydrogens is 334 g/mol. The number of halogens is 1. The average Bonchev–Trinajstić information content (AvgIpc) is 2.47. The highest BCUT2D eigenvalue weighted by Crippen LogP contribution is 2.24. The van der Waals surface area contributed by atoms with Gasteiger partial charge < -0.3 is 5.32 Å². The highest BCUT2D eigenvalue weighted by molar-refractivity contribution is 9.10. The molecule has 1 heterocycles. The van der Waals surface area contributed by atoms with Crippen LogP contribution in [0.4, 0.5) is 0 Å². The van der Waals surface area contributed by atoms with E-state index in [9.17, 15) is 0 Å². The zero-order valence-corrected chi connectivity index (χ0v) is 13.9. The largest absolute Gasteiger partial charge is 0.313 e. The van der Waals surface area contributed by atoms with Crippen LogP contribution in [0, 0.1) is 0 Å². The molecule has 0 spiro atoms. The van der Waals surface area contributed by atoms with Crippen molar-refractivity contribution in [1.82, 2.24) is 15.3 Å². The molecule has 0 aliphatic rings. The van der Waals surface area contributed by atoms with E-state index in [1.165, 1.54) is 4.90 Å². The van der Waals surface area contributed by atoms with Crippen LogP contribution in [0.15, 0.2) is 46.0 Å².